The number of methoxy groups -OCH3 is 2. The van der Waals surface area contributed by atoms with Crippen molar-refractivity contribution in [3.05, 3.63) is 53.6 Å². The molecule has 0 fully saturated rings. The second-order valence-corrected chi connectivity index (χ2v) is 6.70. The first-order chi connectivity index (χ1) is 12.8. The van der Waals surface area contributed by atoms with Crippen molar-refractivity contribution in [2.24, 2.45) is 0 Å². The Kier molecular flexibility index (Phi) is 6.93. The minimum Gasteiger partial charge on any atom is -0.497 e. The van der Waals surface area contributed by atoms with E-state index in [0.29, 0.717) is 18.0 Å². The van der Waals surface area contributed by atoms with Crippen molar-refractivity contribution < 1.29 is 14.3 Å². The van der Waals surface area contributed by atoms with Crippen molar-refractivity contribution in [3.8, 4) is 11.5 Å². The average Bonchev–Trinajstić information content (AvgIpc) is 2.67. The molecule has 1 atom stereocenters. The van der Waals surface area contributed by atoms with Crippen LogP contribution in [0.2, 0.25) is 0 Å². The van der Waals surface area contributed by atoms with E-state index in [9.17, 15) is 4.79 Å². The zero-order chi connectivity index (χ0) is 20.0. The molecule has 0 saturated carbocycles. The highest BCUT2D eigenvalue weighted by molar-refractivity contribution is 5.74. The highest BCUT2D eigenvalue weighted by Gasteiger charge is 2.17. The number of hydrogen-bond donors (Lipinski definition) is 1. The van der Waals surface area contributed by atoms with E-state index in [1.165, 1.54) is 0 Å². The summed E-state index contributed by atoms with van der Waals surface area (Å²) in [4.78, 5) is 16.3. The zero-order valence-corrected chi connectivity index (χ0v) is 16.9. The van der Waals surface area contributed by atoms with Gasteiger partial charge in [-0.15, -0.1) is 0 Å². The fourth-order valence-electron chi connectivity index (χ4n) is 2.79. The van der Waals surface area contributed by atoms with E-state index < -0.39 is 0 Å². The second kappa shape index (κ2) is 9.16. The van der Waals surface area contributed by atoms with Crippen molar-refractivity contribution in [2.45, 2.75) is 19.5 Å². The van der Waals surface area contributed by atoms with Gasteiger partial charge in [0, 0.05) is 45.0 Å². The Morgan fingerprint density at radius 3 is 2.26 bits per heavy atom. The van der Waals surface area contributed by atoms with Crippen LogP contribution in [-0.2, 0) is 6.54 Å². The molecule has 0 spiro atoms. The van der Waals surface area contributed by atoms with Gasteiger partial charge in [-0.05, 0) is 36.8 Å². The van der Waals surface area contributed by atoms with Crippen LogP contribution < -0.4 is 19.7 Å². The maximum Gasteiger partial charge on any atom is 0.317 e. The first kappa shape index (κ1) is 20.4. The van der Waals surface area contributed by atoms with Crippen LogP contribution in [0.1, 0.15) is 24.1 Å². The number of ether oxygens (including phenoxy) is 2. The number of urea groups is 1. The second-order valence-electron chi connectivity index (χ2n) is 6.70. The summed E-state index contributed by atoms with van der Waals surface area (Å²) < 4.78 is 10.6. The molecule has 0 saturated heterocycles. The molecule has 2 rings (SSSR count). The molecule has 0 aliphatic carbocycles. The van der Waals surface area contributed by atoms with E-state index >= 15 is 0 Å². The Balaban J connectivity index is 2.01. The number of rotatable bonds is 7. The lowest BCUT2D eigenvalue weighted by Gasteiger charge is -2.23. The fourth-order valence-corrected chi connectivity index (χ4v) is 2.79. The fraction of sp³-hybridized carbons (Fsp3) is 0.381. The van der Waals surface area contributed by atoms with Crippen LogP contribution in [0.25, 0.3) is 0 Å². The average molecular weight is 371 g/mol. The van der Waals surface area contributed by atoms with Crippen LogP contribution >= 0.6 is 0 Å². The molecule has 27 heavy (non-hydrogen) atoms. The van der Waals surface area contributed by atoms with Gasteiger partial charge in [0.2, 0.25) is 0 Å². The highest BCUT2D eigenvalue weighted by Crippen LogP contribution is 2.29. The van der Waals surface area contributed by atoms with Gasteiger partial charge in [0.05, 0.1) is 20.3 Å². The van der Waals surface area contributed by atoms with E-state index in [-0.39, 0.29) is 12.1 Å². The number of nitrogens with zero attached hydrogens (tertiary/aromatic N) is 2. The number of anilines is 1. The van der Waals surface area contributed by atoms with Crippen molar-refractivity contribution >= 4 is 11.7 Å². The van der Waals surface area contributed by atoms with Gasteiger partial charge in [0.15, 0.2) is 0 Å². The van der Waals surface area contributed by atoms with Crippen molar-refractivity contribution in [3.63, 3.8) is 0 Å². The highest BCUT2D eigenvalue weighted by atomic mass is 16.5. The molecule has 0 aromatic heterocycles. The van der Waals surface area contributed by atoms with E-state index in [1.807, 2.05) is 68.4 Å². The molecular weight excluding hydrogens is 342 g/mol. The first-order valence-electron chi connectivity index (χ1n) is 8.85. The summed E-state index contributed by atoms with van der Waals surface area (Å²) in [5.74, 6) is 1.40. The third-order valence-corrected chi connectivity index (χ3v) is 4.47. The van der Waals surface area contributed by atoms with Gasteiger partial charge in [-0.1, -0.05) is 12.1 Å². The van der Waals surface area contributed by atoms with Crippen LogP contribution in [0.3, 0.4) is 0 Å². The largest absolute Gasteiger partial charge is 0.497 e. The monoisotopic (exact) mass is 371 g/mol. The quantitative estimate of drug-likeness (QED) is 0.807. The van der Waals surface area contributed by atoms with Crippen LogP contribution in [0.4, 0.5) is 10.5 Å². The summed E-state index contributed by atoms with van der Waals surface area (Å²) in [5.41, 5.74) is 3.11. The van der Waals surface area contributed by atoms with Gasteiger partial charge in [-0.2, -0.15) is 0 Å². The summed E-state index contributed by atoms with van der Waals surface area (Å²) in [7, 11) is 9.01. The third-order valence-electron chi connectivity index (χ3n) is 4.47. The lowest BCUT2D eigenvalue weighted by Crippen LogP contribution is -2.38. The maximum absolute atomic E-state index is 12.6. The van der Waals surface area contributed by atoms with E-state index in [1.54, 1.807) is 26.2 Å². The molecule has 0 bridgehead atoms. The Morgan fingerprint density at radius 2 is 1.70 bits per heavy atom. The minimum absolute atomic E-state index is 0.142. The number of benzene rings is 2. The van der Waals surface area contributed by atoms with E-state index in [2.05, 4.69) is 5.32 Å². The van der Waals surface area contributed by atoms with Gasteiger partial charge >= 0.3 is 6.03 Å². The molecule has 1 unspecified atom stereocenters. The molecular formula is C21H29N3O3. The summed E-state index contributed by atoms with van der Waals surface area (Å²) in [5, 5.41) is 3.02. The van der Waals surface area contributed by atoms with Crippen molar-refractivity contribution in [1.29, 1.82) is 0 Å². The maximum atomic E-state index is 12.6. The molecule has 146 valence electrons. The van der Waals surface area contributed by atoms with Crippen molar-refractivity contribution in [1.82, 2.24) is 10.2 Å². The molecule has 2 amide bonds. The summed E-state index contributed by atoms with van der Waals surface area (Å²) in [6.45, 7) is 2.47. The number of hydrogen-bond acceptors (Lipinski definition) is 4. The lowest BCUT2D eigenvalue weighted by molar-refractivity contribution is 0.203. The normalized spacial score (nSPS) is 11.5. The van der Waals surface area contributed by atoms with Gasteiger partial charge in [-0.3, -0.25) is 0 Å². The lowest BCUT2D eigenvalue weighted by atomic mass is 10.1. The summed E-state index contributed by atoms with van der Waals surface area (Å²) >= 11 is 0. The molecule has 6 nitrogen and oxygen atoms in total. The molecule has 0 heterocycles. The van der Waals surface area contributed by atoms with Gasteiger partial charge in [0.25, 0.3) is 0 Å². The predicted octanol–water partition coefficient (Wildman–Crippen LogP) is 3.67. The van der Waals surface area contributed by atoms with Crippen LogP contribution in [0.15, 0.2) is 42.5 Å². The number of nitrogens with one attached hydrogen (secondary N) is 1. The van der Waals surface area contributed by atoms with Gasteiger partial charge in [0.1, 0.15) is 11.5 Å². The van der Waals surface area contributed by atoms with Crippen molar-refractivity contribution in [2.75, 3.05) is 40.3 Å². The first-order valence-corrected chi connectivity index (χ1v) is 8.85. The standard InChI is InChI=1S/C21H29N3O3/c1-15(19-12-11-18(26-5)13-20(19)27-6)22-21(25)24(4)14-16-7-9-17(10-8-16)23(2)3/h7-13,15H,14H2,1-6H3,(H,22,25). The number of carbonyl (C=O) groups is 1. The SMILES string of the molecule is COc1ccc(C(C)NC(=O)N(C)Cc2ccc(N(C)C)cc2)c(OC)c1. The minimum atomic E-state index is -0.197. The Bertz CT molecular complexity index is 760. The molecule has 0 radical (unpaired) electrons. The van der Waals surface area contributed by atoms with Crippen LogP contribution in [-0.4, -0.2) is 46.3 Å². The zero-order valence-electron chi connectivity index (χ0n) is 16.9. The smallest absolute Gasteiger partial charge is 0.317 e. The predicted molar refractivity (Wildman–Crippen MR) is 109 cm³/mol. The van der Waals surface area contributed by atoms with E-state index in [0.717, 1.165) is 16.8 Å². The molecule has 0 aliphatic rings. The molecule has 2 aromatic rings. The van der Waals surface area contributed by atoms with Gasteiger partial charge in [-0.25, -0.2) is 4.79 Å². The van der Waals surface area contributed by atoms with Crippen LogP contribution in [0.5, 0.6) is 11.5 Å². The van der Waals surface area contributed by atoms with E-state index in [4.69, 9.17) is 9.47 Å². The Labute approximate surface area is 161 Å². The molecule has 1 N–H and O–H groups in total. The van der Waals surface area contributed by atoms with Crippen LogP contribution in [0, 0.1) is 0 Å². The molecule has 6 heteroatoms. The van der Waals surface area contributed by atoms with Gasteiger partial charge < -0.3 is 24.6 Å². The topological polar surface area (TPSA) is 54.0 Å². The molecule has 0 aliphatic heterocycles. The Hall–Kier alpha value is -2.89. The summed E-state index contributed by atoms with van der Waals surface area (Å²) in [6, 6.07) is 13.4. The number of carbonyl (C=O) groups excluding carboxylic acids is 1. The number of amides is 2. The third kappa shape index (κ3) is 5.29. The summed E-state index contributed by atoms with van der Waals surface area (Å²) in [6.07, 6.45) is 0. The Morgan fingerprint density at radius 1 is 1.04 bits per heavy atom. The molecule has 2 aromatic carbocycles.